The highest BCUT2D eigenvalue weighted by molar-refractivity contribution is 5.74. The highest BCUT2D eigenvalue weighted by Crippen LogP contribution is 2.40. The number of primary amides is 1. The van der Waals surface area contributed by atoms with Gasteiger partial charge in [0, 0.05) is 12.5 Å². The van der Waals surface area contributed by atoms with Crippen molar-refractivity contribution in [2.45, 2.75) is 31.2 Å². The molecule has 0 radical (unpaired) electrons. The molecule has 1 amide bonds. The van der Waals surface area contributed by atoms with Gasteiger partial charge in [-0.2, -0.15) is 0 Å². The van der Waals surface area contributed by atoms with Gasteiger partial charge in [0.1, 0.15) is 0 Å². The maximum atomic E-state index is 10.7. The van der Waals surface area contributed by atoms with Crippen molar-refractivity contribution in [3.05, 3.63) is 35.4 Å². The molecule has 3 nitrogen and oxygen atoms in total. The second-order valence-electron chi connectivity index (χ2n) is 4.22. The van der Waals surface area contributed by atoms with Gasteiger partial charge in [-0.05, 0) is 29.9 Å². The van der Waals surface area contributed by atoms with Crippen LogP contribution in [0.1, 0.15) is 42.3 Å². The third-order valence-corrected chi connectivity index (χ3v) is 2.83. The standard InChI is InChI=1S/C12H16N2O/c13-11(7-12(14)15)10-5-3-9(4-6-10)8-1-2-8/h3-6,8,11H,1-2,7,13H2,(H2,14,15). The van der Waals surface area contributed by atoms with Crippen molar-refractivity contribution in [2.75, 3.05) is 0 Å². The van der Waals surface area contributed by atoms with Gasteiger partial charge >= 0.3 is 0 Å². The summed E-state index contributed by atoms with van der Waals surface area (Å²) in [7, 11) is 0. The Labute approximate surface area is 89.5 Å². The molecule has 1 aliphatic carbocycles. The summed E-state index contributed by atoms with van der Waals surface area (Å²) >= 11 is 0. The molecule has 4 N–H and O–H groups in total. The van der Waals surface area contributed by atoms with Crippen LogP contribution in [0.5, 0.6) is 0 Å². The van der Waals surface area contributed by atoms with E-state index < -0.39 is 0 Å². The number of nitrogens with two attached hydrogens (primary N) is 2. The van der Waals surface area contributed by atoms with Crippen molar-refractivity contribution in [1.29, 1.82) is 0 Å². The number of carbonyl (C=O) groups is 1. The molecule has 3 heteroatoms. The zero-order valence-corrected chi connectivity index (χ0v) is 8.65. The van der Waals surface area contributed by atoms with Crippen molar-refractivity contribution >= 4 is 5.91 Å². The fourth-order valence-electron chi connectivity index (χ4n) is 1.77. The number of hydrogen-bond acceptors (Lipinski definition) is 2. The first-order valence-electron chi connectivity index (χ1n) is 5.30. The van der Waals surface area contributed by atoms with Gasteiger partial charge in [0.15, 0.2) is 0 Å². The van der Waals surface area contributed by atoms with Crippen LogP contribution >= 0.6 is 0 Å². The Kier molecular flexibility index (Phi) is 2.73. The molecule has 0 heterocycles. The summed E-state index contributed by atoms with van der Waals surface area (Å²) in [5.41, 5.74) is 13.3. The smallest absolute Gasteiger partial charge is 0.219 e. The first-order chi connectivity index (χ1) is 7.16. The largest absolute Gasteiger partial charge is 0.370 e. The molecule has 0 spiro atoms. The molecule has 1 aliphatic rings. The van der Waals surface area contributed by atoms with Gasteiger partial charge in [0.2, 0.25) is 5.91 Å². The number of hydrogen-bond donors (Lipinski definition) is 2. The molecule has 0 bridgehead atoms. The second-order valence-corrected chi connectivity index (χ2v) is 4.22. The van der Waals surface area contributed by atoms with Crippen LogP contribution in [0.25, 0.3) is 0 Å². The summed E-state index contributed by atoms with van der Waals surface area (Å²) in [6.45, 7) is 0. The predicted octanol–water partition coefficient (Wildman–Crippen LogP) is 1.44. The van der Waals surface area contributed by atoms with Crippen molar-refractivity contribution in [3.63, 3.8) is 0 Å². The van der Waals surface area contributed by atoms with Crippen molar-refractivity contribution in [3.8, 4) is 0 Å². The summed E-state index contributed by atoms with van der Waals surface area (Å²) in [4.78, 5) is 10.7. The topological polar surface area (TPSA) is 69.1 Å². The minimum Gasteiger partial charge on any atom is -0.370 e. The first kappa shape index (κ1) is 10.2. The van der Waals surface area contributed by atoms with Crippen LogP contribution in [-0.2, 0) is 4.79 Å². The van der Waals surface area contributed by atoms with Gasteiger partial charge in [-0.25, -0.2) is 0 Å². The van der Waals surface area contributed by atoms with E-state index in [-0.39, 0.29) is 18.4 Å². The molecule has 80 valence electrons. The first-order valence-corrected chi connectivity index (χ1v) is 5.30. The van der Waals surface area contributed by atoms with E-state index in [1.54, 1.807) is 0 Å². The van der Waals surface area contributed by atoms with E-state index in [1.807, 2.05) is 12.1 Å². The van der Waals surface area contributed by atoms with Crippen LogP contribution < -0.4 is 11.5 Å². The van der Waals surface area contributed by atoms with E-state index in [1.165, 1.54) is 18.4 Å². The number of carbonyl (C=O) groups excluding carboxylic acids is 1. The Morgan fingerprint density at radius 3 is 2.40 bits per heavy atom. The Balaban J connectivity index is 2.05. The van der Waals surface area contributed by atoms with E-state index in [0.717, 1.165) is 11.5 Å². The Hall–Kier alpha value is -1.35. The minimum atomic E-state index is -0.353. The molecule has 1 saturated carbocycles. The molecule has 0 aliphatic heterocycles. The summed E-state index contributed by atoms with van der Waals surface area (Å²) in [5.74, 6) is 0.403. The summed E-state index contributed by atoms with van der Waals surface area (Å²) in [6.07, 6.45) is 2.81. The summed E-state index contributed by atoms with van der Waals surface area (Å²) in [5, 5.41) is 0. The van der Waals surface area contributed by atoms with Gasteiger partial charge in [-0.1, -0.05) is 24.3 Å². The maximum Gasteiger partial charge on any atom is 0.219 e. The maximum absolute atomic E-state index is 10.7. The molecular formula is C12H16N2O. The lowest BCUT2D eigenvalue weighted by molar-refractivity contribution is -0.118. The van der Waals surface area contributed by atoms with Crippen LogP contribution in [0.4, 0.5) is 0 Å². The highest BCUT2D eigenvalue weighted by Gasteiger charge is 2.23. The third kappa shape index (κ3) is 2.57. The summed E-state index contributed by atoms with van der Waals surface area (Å²) in [6, 6.07) is 7.94. The second kappa shape index (κ2) is 4.03. The number of amides is 1. The van der Waals surface area contributed by atoms with E-state index in [4.69, 9.17) is 11.5 Å². The predicted molar refractivity (Wildman–Crippen MR) is 59.2 cm³/mol. The van der Waals surface area contributed by atoms with Crippen LogP contribution in [0, 0.1) is 0 Å². The molecule has 15 heavy (non-hydrogen) atoms. The minimum absolute atomic E-state index is 0.211. The van der Waals surface area contributed by atoms with Gasteiger partial charge in [-0.3, -0.25) is 4.79 Å². The van der Waals surface area contributed by atoms with E-state index in [0.29, 0.717) is 0 Å². The van der Waals surface area contributed by atoms with Crippen LogP contribution in [0.3, 0.4) is 0 Å². The molecule has 0 saturated heterocycles. The molecule has 1 fully saturated rings. The van der Waals surface area contributed by atoms with Crippen molar-refractivity contribution in [1.82, 2.24) is 0 Å². The molecule has 1 atom stereocenters. The Bertz CT molecular complexity index is 354. The van der Waals surface area contributed by atoms with E-state index in [9.17, 15) is 4.79 Å². The van der Waals surface area contributed by atoms with Gasteiger partial charge < -0.3 is 11.5 Å². The zero-order valence-electron chi connectivity index (χ0n) is 8.65. The molecule has 2 rings (SSSR count). The average Bonchev–Trinajstić information content (AvgIpc) is 3.00. The van der Waals surface area contributed by atoms with E-state index >= 15 is 0 Å². The van der Waals surface area contributed by atoms with Crippen LogP contribution in [0.2, 0.25) is 0 Å². The quantitative estimate of drug-likeness (QED) is 0.779. The number of rotatable bonds is 4. The number of benzene rings is 1. The fourth-order valence-corrected chi connectivity index (χ4v) is 1.77. The monoisotopic (exact) mass is 204 g/mol. The zero-order chi connectivity index (χ0) is 10.8. The SMILES string of the molecule is NC(=O)CC(N)c1ccc(C2CC2)cc1. The lowest BCUT2D eigenvalue weighted by Gasteiger charge is -2.10. The Morgan fingerprint density at radius 2 is 1.93 bits per heavy atom. The Morgan fingerprint density at radius 1 is 1.33 bits per heavy atom. The molecule has 1 unspecified atom stereocenters. The lowest BCUT2D eigenvalue weighted by atomic mass is 10.0. The molecule has 1 aromatic carbocycles. The average molecular weight is 204 g/mol. The van der Waals surface area contributed by atoms with Gasteiger partial charge in [0.05, 0.1) is 0 Å². The van der Waals surface area contributed by atoms with Gasteiger partial charge in [0.25, 0.3) is 0 Å². The van der Waals surface area contributed by atoms with E-state index in [2.05, 4.69) is 12.1 Å². The highest BCUT2D eigenvalue weighted by atomic mass is 16.1. The van der Waals surface area contributed by atoms with Crippen molar-refractivity contribution < 1.29 is 4.79 Å². The molecule has 1 aromatic rings. The van der Waals surface area contributed by atoms with Crippen LogP contribution in [-0.4, -0.2) is 5.91 Å². The lowest BCUT2D eigenvalue weighted by Crippen LogP contribution is -2.20. The van der Waals surface area contributed by atoms with Crippen LogP contribution in [0.15, 0.2) is 24.3 Å². The third-order valence-electron chi connectivity index (χ3n) is 2.83. The fraction of sp³-hybridized carbons (Fsp3) is 0.417. The summed E-state index contributed by atoms with van der Waals surface area (Å²) < 4.78 is 0. The normalized spacial score (nSPS) is 17.4. The molecule has 0 aromatic heterocycles. The molecular weight excluding hydrogens is 188 g/mol. The van der Waals surface area contributed by atoms with Gasteiger partial charge in [-0.15, -0.1) is 0 Å². The van der Waals surface area contributed by atoms with Crippen molar-refractivity contribution in [2.24, 2.45) is 11.5 Å².